The molecule has 1 nitrogen and oxygen atoms in total. The van der Waals surface area contributed by atoms with Crippen LogP contribution in [0, 0.1) is 5.92 Å². The van der Waals surface area contributed by atoms with Crippen LogP contribution >= 0.6 is 0 Å². The first-order chi connectivity index (χ1) is 14.1. The van der Waals surface area contributed by atoms with Gasteiger partial charge in [-0.2, -0.15) is 0 Å². The second-order valence-electron chi connectivity index (χ2n) is 8.41. The molecule has 0 saturated heterocycles. The molecule has 0 bridgehead atoms. The Hall–Kier alpha value is -3.06. The van der Waals surface area contributed by atoms with E-state index in [0.29, 0.717) is 5.92 Å². The van der Waals surface area contributed by atoms with Gasteiger partial charge < -0.3 is 4.57 Å². The zero-order valence-corrected chi connectivity index (χ0v) is 17.7. The summed E-state index contributed by atoms with van der Waals surface area (Å²) in [4.78, 5) is 0. The van der Waals surface area contributed by atoms with Gasteiger partial charge in [-0.25, -0.2) is 0 Å². The lowest BCUT2D eigenvalue weighted by Crippen LogP contribution is -2.05. The highest BCUT2D eigenvalue weighted by molar-refractivity contribution is 6.09. The van der Waals surface area contributed by atoms with Crippen molar-refractivity contribution in [3.8, 4) is 5.69 Å². The van der Waals surface area contributed by atoms with Crippen LogP contribution in [0.25, 0.3) is 27.5 Å². The first-order valence-electron chi connectivity index (χ1n) is 10.5. The smallest absolute Gasteiger partial charge is 0.0541 e. The van der Waals surface area contributed by atoms with Crippen LogP contribution in [0.15, 0.2) is 95.1 Å². The van der Waals surface area contributed by atoms with Crippen LogP contribution in [-0.4, -0.2) is 4.57 Å². The number of benzene rings is 3. The van der Waals surface area contributed by atoms with Gasteiger partial charge in [-0.15, -0.1) is 0 Å². The molecule has 1 heterocycles. The Morgan fingerprint density at radius 3 is 2.00 bits per heavy atom. The first-order valence-corrected chi connectivity index (χ1v) is 10.5. The zero-order chi connectivity index (χ0) is 20.1. The fraction of sp³-hybridized carbons (Fsp3) is 0.214. The third-order valence-electron chi connectivity index (χ3n) is 6.98. The molecule has 29 heavy (non-hydrogen) atoms. The molecule has 0 radical (unpaired) electrons. The lowest BCUT2D eigenvalue weighted by atomic mass is 9.89. The van der Waals surface area contributed by atoms with E-state index in [1.54, 1.807) is 0 Å². The predicted octanol–water partition coefficient (Wildman–Crippen LogP) is 7.63. The summed E-state index contributed by atoms with van der Waals surface area (Å²) in [7, 11) is 0. The molecule has 0 atom stereocenters. The summed E-state index contributed by atoms with van der Waals surface area (Å²) in [6.45, 7) is 9.15. The van der Waals surface area contributed by atoms with Crippen molar-refractivity contribution in [3.05, 3.63) is 101 Å². The highest BCUT2D eigenvalue weighted by Gasteiger charge is 2.24. The Bertz CT molecular complexity index is 1270. The highest BCUT2D eigenvalue weighted by atomic mass is 15.0. The van der Waals surface area contributed by atoms with Crippen LogP contribution in [0.3, 0.4) is 0 Å². The second kappa shape index (κ2) is 6.77. The molecular weight excluding hydrogens is 350 g/mol. The van der Waals surface area contributed by atoms with E-state index in [1.807, 2.05) is 0 Å². The number of nitrogens with zero attached hydrogens (tertiary/aromatic N) is 1. The summed E-state index contributed by atoms with van der Waals surface area (Å²) in [5, 5.41) is 2.67. The van der Waals surface area contributed by atoms with Crippen LogP contribution in [0.4, 0.5) is 0 Å². The summed E-state index contributed by atoms with van der Waals surface area (Å²) in [6.07, 6.45) is 1.08. The van der Waals surface area contributed by atoms with E-state index >= 15 is 0 Å². The topological polar surface area (TPSA) is 4.93 Å². The van der Waals surface area contributed by atoms with Crippen molar-refractivity contribution in [2.75, 3.05) is 0 Å². The van der Waals surface area contributed by atoms with Gasteiger partial charge in [0.25, 0.3) is 0 Å². The van der Waals surface area contributed by atoms with Gasteiger partial charge in [0, 0.05) is 22.4 Å². The van der Waals surface area contributed by atoms with Crippen molar-refractivity contribution >= 4 is 21.8 Å². The molecule has 5 rings (SSSR count). The van der Waals surface area contributed by atoms with Gasteiger partial charge in [0.05, 0.1) is 11.0 Å². The van der Waals surface area contributed by atoms with Gasteiger partial charge in [0.2, 0.25) is 0 Å². The lowest BCUT2D eigenvalue weighted by molar-refractivity contribution is 0.718. The van der Waals surface area contributed by atoms with E-state index in [0.717, 1.165) is 6.42 Å². The van der Waals surface area contributed by atoms with Gasteiger partial charge >= 0.3 is 0 Å². The first kappa shape index (κ1) is 18.0. The second-order valence-corrected chi connectivity index (χ2v) is 8.41. The summed E-state index contributed by atoms with van der Waals surface area (Å²) in [6, 6.07) is 26.5. The Kier molecular flexibility index (Phi) is 4.20. The van der Waals surface area contributed by atoms with E-state index in [1.165, 1.54) is 55.3 Å². The minimum Gasteiger partial charge on any atom is -0.309 e. The third-order valence-corrected chi connectivity index (χ3v) is 6.98. The number of fused-ring (bicyclic) bond motifs is 3. The number of hydrogen-bond donors (Lipinski definition) is 0. The van der Waals surface area contributed by atoms with Gasteiger partial charge in [-0.1, -0.05) is 53.6 Å². The van der Waals surface area contributed by atoms with E-state index in [9.17, 15) is 0 Å². The van der Waals surface area contributed by atoms with Crippen molar-refractivity contribution in [1.29, 1.82) is 0 Å². The van der Waals surface area contributed by atoms with Gasteiger partial charge in [-0.05, 0) is 81.2 Å². The van der Waals surface area contributed by atoms with Crippen LogP contribution in [-0.2, 0) is 6.42 Å². The maximum atomic E-state index is 2.42. The van der Waals surface area contributed by atoms with Crippen LogP contribution in [0.1, 0.15) is 33.3 Å². The molecular formula is C28H27N. The molecule has 0 amide bonds. The predicted molar refractivity (Wildman–Crippen MR) is 125 cm³/mol. The number of allylic oxidation sites excluding steroid dienone is 4. The Balaban J connectivity index is 1.66. The molecule has 0 spiro atoms. The Labute approximate surface area is 173 Å². The summed E-state index contributed by atoms with van der Waals surface area (Å²) < 4.78 is 2.38. The number of para-hydroxylation sites is 2. The van der Waals surface area contributed by atoms with Crippen molar-refractivity contribution < 1.29 is 0 Å². The maximum Gasteiger partial charge on any atom is 0.0541 e. The van der Waals surface area contributed by atoms with E-state index < -0.39 is 0 Å². The summed E-state index contributed by atoms with van der Waals surface area (Å²) in [5.41, 5.74) is 11.2. The molecule has 0 saturated carbocycles. The van der Waals surface area contributed by atoms with Crippen LogP contribution < -0.4 is 0 Å². The average molecular weight is 378 g/mol. The minimum absolute atomic E-state index is 0.537. The monoisotopic (exact) mass is 377 g/mol. The molecule has 1 aliphatic rings. The normalized spacial score (nSPS) is 15.3. The van der Waals surface area contributed by atoms with E-state index in [2.05, 4.69) is 105 Å². The molecule has 1 aromatic heterocycles. The molecule has 0 N–H and O–H groups in total. The number of hydrogen-bond acceptors (Lipinski definition) is 0. The standard InChI is InChI=1S/C28H27N/c1-18-19(2)21(4)25(20(18)3)16-22-14-15-28-26(17-22)24-12-8-9-13-27(24)29(28)23-10-6-5-7-11-23/h5-15,17,25H,16H2,1-4H3. The number of rotatable bonds is 3. The molecule has 4 aromatic rings. The van der Waals surface area contributed by atoms with Crippen LogP contribution in [0.5, 0.6) is 0 Å². The molecule has 1 heteroatoms. The van der Waals surface area contributed by atoms with Gasteiger partial charge in [0.1, 0.15) is 0 Å². The highest BCUT2D eigenvalue weighted by Crippen LogP contribution is 2.39. The van der Waals surface area contributed by atoms with E-state index in [4.69, 9.17) is 0 Å². The summed E-state index contributed by atoms with van der Waals surface area (Å²) >= 11 is 0. The van der Waals surface area contributed by atoms with Crippen molar-refractivity contribution in [3.63, 3.8) is 0 Å². The largest absolute Gasteiger partial charge is 0.309 e. The lowest BCUT2D eigenvalue weighted by Gasteiger charge is -2.15. The fourth-order valence-electron chi connectivity index (χ4n) is 4.98. The zero-order valence-electron chi connectivity index (χ0n) is 17.7. The quantitative estimate of drug-likeness (QED) is 0.346. The van der Waals surface area contributed by atoms with Crippen LogP contribution in [0.2, 0.25) is 0 Å². The van der Waals surface area contributed by atoms with Gasteiger partial charge in [-0.3, -0.25) is 0 Å². The third kappa shape index (κ3) is 2.76. The van der Waals surface area contributed by atoms with Crippen molar-refractivity contribution in [1.82, 2.24) is 4.57 Å². The molecule has 144 valence electrons. The minimum atomic E-state index is 0.537. The fourth-order valence-corrected chi connectivity index (χ4v) is 4.98. The SMILES string of the molecule is CC1=C(C)C(Cc2ccc3c(c2)c2ccccc2n3-c2ccccc2)C(C)=C1C. The molecule has 0 fully saturated rings. The average Bonchev–Trinajstić information content (AvgIpc) is 3.17. The van der Waals surface area contributed by atoms with Gasteiger partial charge in [0.15, 0.2) is 0 Å². The molecule has 3 aromatic carbocycles. The van der Waals surface area contributed by atoms with E-state index in [-0.39, 0.29) is 0 Å². The maximum absolute atomic E-state index is 2.42. The number of aromatic nitrogens is 1. The Morgan fingerprint density at radius 1 is 0.655 bits per heavy atom. The summed E-state index contributed by atoms with van der Waals surface area (Å²) in [5.74, 6) is 0.537. The molecule has 0 aliphatic heterocycles. The Morgan fingerprint density at radius 2 is 1.28 bits per heavy atom. The molecule has 0 unspecified atom stereocenters. The molecule has 1 aliphatic carbocycles. The van der Waals surface area contributed by atoms with Crippen molar-refractivity contribution in [2.24, 2.45) is 5.92 Å². The van der Waals surface area contributed by atoms with Crippen molar-refractivity contribution in [2.45, 2.75) is 34.1 Å².